The fourth-order valence-electron chi connectivity index (χ4n) is 0.879. The van der Waals surface area contributed by atoms with Crippen LogP contribution in [0.4, 0.5) is 0 Å². The van der Waals surface area contributed by atoms with Gasteiger partial charge >= 0.3 is 43.7 Å². The minimum Gasteiger partial charge on any atom is -0.549 e. The molecule has 0 amide bonds. The second-order valence-corrected chi connectivity index (χ2v) is 2.95. The van der Waals surface area contributed by atoms with Crippen LogP contribution in [-0.2, 0) is 9.59 Å². The standard InChI is InChI=1S/C9H8O4.C2H5NO2.Ca/c1-6(10)13-8-5-3-2-4-7(8)9(11)12;3-1-2(4)5;/h2-5H,1H3,(H,11,12);1,3H2,(H,4,5);/q;;+2/p-2. The molecule has 1 aromatic rings. The zero-order valence-electron chi connectivity index (χ0n) is 10.3. The summed E-state index contributed by atoms with van der Waals surface area (Å²) in [6.45, 7) is 0.812. The monoisotopic (exact) mass is 293 g/mol. The van der Waals surface area contributed by atoms with Gasteiger partial charge in [-0.15, -0.1) is 0 Å². The number of aliphatic carboxylic acids is 1. The number of aromatic carboxylic acids is 1. The predicted octanol–water partition coefficient (Wildman–Crippen LogP) is -2.71. The number of nitrogens with two attached hydrogens (primary N) is 1. The smallest absolute Gasteiger partial charge is 0.549 e. The van der Waals surface area contributed by atoms with Crippen LogP contribution < -0.4 is 20.7 Å². The summed E-state index contributed by atoms with van der Waals surface area (Å²) in [4.78, 5) is 30.2. The molecule has 7 nitrogen and oxygen atoms in total. The fraction of sp³-hybridized carbons (Fsp3) is 0.182. The van der Waals surface area contributed by atoms with Crippen molar-refractivity contribution in [2.45, 2.75) is 6.92 Å². The first-order valence-corrected chi connectivity index (χ1v) is 4.77. The third-order valence-electron chi connectivity index (χ3n) is 1.53. The first-order chi connectivity index (χ1) is 8.38. The fourth-order valence-corrected chi connectivity index (χ4v) is 0.879. The van der Waals surface area contributed by atoms with Gasteiger partial charge in [0.05, 0.1) is 11.9 Å². The molecule has 0 bridgehead atoms. The summed E-state index contributed by atoms with van der Waals surface area (Å²) in [6, 6.07) is 5.81. The van der Waals surface area contributed by atoms with E-state index in [0.717, 1.165) is 0 Å². The van der Waals surface area contributed by atoms with Crippen LogP contribution in [0.1, 0.15) is 17.3 Å². The number of ether oxygens (including phenoxy) is 1. The van der Waals surface area contributed by atoms with E-state index < -0.39 is 17.9 Å². The molecule has 8 heteroatoms. The van der Waals surface area contributed by atoms with Crippen molar-refractivity contribution in [1.82, 2.24) is 0 Å². The molecule has 0 aliphatic rings. The van der Waals surface area contributed by atoms with Crippen molar-refractivity contribution in [3.8, 4) is 5.75 Å². The maximum Gasteiger partial charge on any atom is 2.00 e. The van der Waals surface area contributed by atoms with E-state index in [0.29, 0.717) is 0 Å². The number of carbonyl (C=O) groups is 3. The Morgan fingerprint density at radius 1 is 1.21 bits per heavy atom. The number of rotatable bonds is 3. The van der Waals surface area contributed by atoms with Gasteiger partial charge in [0.2, 0.25) is 0 Å². The van der Waals surface area contributed by atoms with Crippen LogP contribution >= 0.6 is 0 Å². The van der Waals surface area contributed by atoms with Crippen LogP contribution in [0.2, 0.25) is 0 Å². The van der Waals surface area contributed by atoms with E-state index in [9.17, 15) is 14.7 Å². The Hall–Kier alpha value is -1.15. The molecule has 0 atom stereocenters. The Kier molecular flexibility index (Phi) is 11.4. The maximum atomic E-state index is 10.6. The number of para-hydroxylation sites is 1. The molecule has 0 spiro atoms. The average Bonchev–Trinajstić information content (AvgIpc) is 2.29. The van der Waals surface area contributed by atoms with Gasteiger partial charge in [-0.3, -0.25) is 4.79 Å². The van der Waals surface area contributed by atoms with Crippen molar-refractivity contribution in [3.63, 3.8) is 0 Å². The summed E-state index contributed by atoms with van der Waals surface area (Å²) in [5.41, 5.74) is 4.38. The number of carboxylic acid groups (broad SMARTS) is 2. The van der Waals surface area contributed by atoms with Crippen LogP contribution in [-0.4, -0.2) is 62.2 Å². The van der Waals surface area contributed by atoms with E-state index in [4.69, 9.17) is 9.90 Å². The zero-order chi connectivity index (χ0) is 14.1. The van der Waals surface area contributed by atoms with E-state index in [2.05, 4.69) is 10.5 Å². The largest absolute Gasteiger partial charge is 2.00 e. The number of benzene rings is 1. The van der Waals surface area contributed by atoms with Crippen LogP contribution in [0.25, 0.3) is 0 Å². The number of esters is 1. The van der Waals surface area contributed by atoms with Crippen molar-refractivity contribution in [2.75, 3.05) is 6.54 Å². The molecule has 98 valence electrons. The van der Waals surface area contributed by atoms with Gasteiger partial charge < -0.3 is 30.3 Å². The third-order valence-corrected chi connectivity index (χ3v) is 1.53. The molecule has 19 heavy (non-hydrogen) atoms. The molecule has 0 heterocycles. The number of hydrogen-bond acceptors (Lipinski definition) is 7. The number of carboxylic acids is 2. The van der Waals surface area contributed by atoms with Gasteiger partial charge in [0.15, 0.2) is 0 Å². The van der Waals surface area contributed by atoms with Gasteiger partial charge in [0, 0.05) is 19.0 Å². The van der Waals surface area contributed by atoms with Crippen molar-refractivity contribution in [3.05, 3.63) is 29.8 Å². The van der Waals surface area contributed by atoms with Crippen LogP contribution in [0.5, 0.6) is 5.75 Å². The summed E-state index contributed by atoms with van der Waals surface area (Å²) in [7, 11) is 0. The SMILES string of the molecule is CC(=O)Oc1ccccc1C(=O)[O-].NCC(=O)[O-].[Ca+2]. The Morgan fingerprint density at radius 3 is 2.05 bits per heavy atom. The number of hydrogen-bond donors (Lipinski definition) is 1. The molecular formula is C11H11CaNO6. The summed E-state index contributed by atoms with van der Waals surface area (Å²) in [5.74, 6) is -3.13. The van der Waals surface area contributed by atoms with E-state index in [1.54, 1.807) is 6.07 Å². The van der Waals surface area contributed by atoms with E-state index >= 15 is 0 Å². The van der Waals surface area contributed by atoms with Crippen molar-refractivity contribution >= 4 is 55.6 Å². The Morgan fingerprint density at radius 2 is 1.68 bits per heavy atom. The molecule has 0 fully saturated rings. The zero-order valence-corrected chi connectivity index (χ0v) is 12.5. The van der Waals surface area contributed by atoms with Gasteiger partial charge in [-0.2, -0.15) is 0 Å². The van der Waals surface area contributed by atoms with Gasteiger partial charge in [-0.05, 0) is 12.1 Å². The molecule has 0 aliphatic heterocycles. The molecular weight excluding hydrogens is 282 g/mol. The molecule has 0 aromatic heterocycles. The topological polar surface area (TPSA) is 133 Å². The summed E-state index contributed by atoms with van der Waals surface area (Å²) >= 11 is 0. The molecule has 1 aromatic carbocycles. The molecule has 1 rings (SSSR count). The first kappa shape index (κ1) is 20.2. The number of carbonyl (C=O) groups excluding carboxylic acids is 3. The summed E-state index contributed by atoms with van der Waals surface area (Å²) < 4.78 is 4.65. The van der Waals surface area contributed by atoms with E-state index in [1.807, 2.05) is 0 Å². The average molecular weight is 293 g/mol. The van der Waals surface area contributed by atoms with Gasteiger partial charge in [0.1, 0.15) is 5.75 Å². The van der Waals surface area contributed by atoms with Crippen molar-refractivity contribution in [2.24, 2.45) is 5.73 Å². The van der Waals surface area contributed by atoms with Crippen molar-refractivity contribution < 1.29 is 29.3 Å². The van der Waals surface area contributed by atoms with Crippen LogP contribution in [0.15, 0.2) is 24.3 Å². The molecule has 0 saturated carbocycles. The molecule has 0 unspecified atom stereocenters. The van der Waals surface area contributed by atoms with Crippen LogP contribution in [0, 0.1) is 0 Å². The minimum atomic E-state index is -1.36. The van der Waals surface area contributed by atoms with Crippen LogP contribution in [0.3, 0.4) is 0 Å². The molecule has 0 radical (unpaired) electrons. The third kappa shape index (κ3) is 9.43. The Labute approximate surface area is 139 Å². The summed E-state index contributed by atoms with van der Waals surface area (Å²) in [6.07, 6.45) is 0. The second-order valence-electron chi connectivity index (χ2n) is 2.95. The maximum absolute atomic E-state index is 10.6. The molecule has 0 saturated heterocycles. The van der Waals surface area contributed by atoms with E-state index in [1.165, 1.54) is 25.1 Å². The van der Waals surface area contributed by atoms with Crippen molar-refractivity contribution in [1.29, 1.82) is 0 Å². The van der Waals surface area contributed by atoms with Gasteiger partial charge in [0.25, 0.3) is 0 Å². The van der Waals surface area contributed by atoms with Gasteiger partial charge in [-0.25, -0.2) is 0 Å². The summed E-state index contributed by atoms with van der Waals surface area (Å²) in [5, 5.41) is 19.6. The minimum absolute atomic E-state index is 0. The normalized spacial score (nSPS) is 8.32. The van der Waals surface area contributed by atoms with Gasteiger partial charge in [-0.1, -0.05) is 12.1 Å². The second kappa shape index (κ2) is 10.7. The molecule has 2 N–H and O–H groups in total. The first-order valence-electron chi connectivity index (χ1n) is 4.77. The Balaban J connectivity index is 0. The predicted molar refractivity (Wildman–Crippen MR) is 61.9 cm³/mol. The quantitative estimate of drug-likeness (QED) is 0.364. The Bertz CT molecular complexity index is 449. The van der Waals surface area contributed by atoms with E-state index in [-0.39, 0.29) is 55.6 Å². The molecule has 0 aliphatic carbocycles.